The van der Waals surface area contributed by atoms with Crippen molar-refractivity contribution in [2.45, 2.75) is 24.3 Å². The van der Waals surface area contributed by atoms with Crippen molar-refractivity contribution in [3.8, 4) is 0 Å². The van der Waals surface area contributed by atoms with Gasteiger partial charge in [0.2, 0.25) is 27.7 Å². The predicted molar refractivity (Wildman–Crippen MR) is 93.8 cm³/mol. The molecule has 1 fully saturated rings. The number of hydrogen-bond acceptors (Lipinski definition) is 6. The van der Waals surface area contributed by atoms with Crippen molar-refractivity contribution < 1.29 is 27.2 Å². The molecule has 0 bridgehead atoms. The number of imide groups is 1. The van der Waals surface area contributed by atoms with E-state index in [0.29, 0.717) is 5.76 Å². The molecule has 0 unspecified atom stereocenters. The molecule has 0 spiro atoms. The summed E-state index contributed by atoms with van der Waals surface area (Å²) in [5, 5.41) is 2.50. The highest BCUT2D eigenvalue weighted by Gasteiger charge is 2.30. The van der Waals surface area contributed by atoms with E-state index in [2.05, 4.69) is 10.0 Å². The molecule has 2 N–H and O–H groups in total. The topological polar surface area (TPSA) is 126 Å². The maximum atomic E-state index is 12.4. The summed E-state index contributed by atoms with van der Waals surface area (Å²) >= 11 is 0. The number of amides is 3. The molecular weight excluding hydrogens is 374 g/mol. The molecule has 1 aromatic heterocycles. The Morgan fingerprint density at radius 3 is 2.52 bits per heavy atom. The first-order chi connectivity index (χ1) is 12.8. The zero-order chi connectivity index (χ0) is 19.4. The summed E-state index contributed by atoms with van der Waals surface area (Å²) in [7, 11) is -3.81. The van der Waals surface area contributed by atoms with Gasteiger partial charge in [-0.25, -0.2) is 13.1 Å². The number of carbonyl (C=O) groups excluding carboxylic acids is 3. The summed E-state index contributed by atoms with van der Waals surface area (Å²) in [6.45, 7) is -0.406. The van der Waals surface area contributed by atoms with Gasteiger partial charge in [-0.3, -0.25) is 19.3 Å². The number of hydrogen-bond donors (Lipinski definition) is 2. The monoisotopic (exact) mass is 391 g/mol. The summed E-state index contributed by atoms with van der Waals surface area (Å²) in [5.74, 6) is -0.915. The van der Waals surface area contributed by atoms with Crippen LogP contribution in [0.5, 0.6) is 0 Å². The van der Waals surface area contributed by atoms with Crippen LogP contribution < -0.4 is 10.0 Å². The minimum absolute atomic E-state index is 0.00883. The molecule has 0 radical (unpaired) electrons. The number of rotatable bonds is 7. The van der Waals surface area contributed by atoms with Gasteiger partial charge in [-0.1, -0.05) is 6.07 Å². The van der Waals surface area contributed by atoms with Crippen LogP contribution >= 0.6 is 0 Å². The normalized spacial score (nSPS) is 14.6. The average molecular weight is 391 g/mol. The van der Waals surface area contributed by atoms with Crippen LogP contribution in [0.3, 0.4) is 0 Å². The minimum Gasteiger partial charge on any atom is -0.468 e. The van der Waals surface area contributed by atoms with E-state index in [1.165, 1.54) is 30.5 Å². The van der Waals surface area contributed by atoms with Crippen molar-refractivity contribution in [3.05, 3.63) is 48.4 Å². The Labute approximate surface area is 155 Å². The lowest BCUT2D eigenvalue weighted by Crippen LogP contribution is -2.36. The molecule has 0 saturated carbocycles. The fraction of sp³-hybridized carbons (Fsp3) is 0.235. The molecule has 0 aliphatic carbocycles. The first-order valence-electron chi connectivity index (χ1n) is 8.10. The van der Waals surface area contributed by atoms with Gasteiger partial charge in [-0.15, -0.1) is 0 Å². The summed E-state index contributed by atoms with van der Waals surface area (Å²) in [4.78, 5) is 36.0. The van der Waals surface area contributed by atoms with Crippen molar-refractivity contribution in [1.82, 2.24) is 9.62 Å². The van der Waals surface area contributed by atoms with E-state index in [9.17, 15) is 22.8 Å². The number of anilines is 1. The number of nitrogens with zero attached hydrogens (tertiary/aromatic N) is 1. The summed E-state index contributed by atoms with van der Waals surface area (Å²) in [6.07, 6.45) is 1.64. The number of nitrogens with one attached hydrogen (secondary N) is 2. The highest BCUT2D eigenvalue weighted by Crippen LogP contribution is 2.17. The first-order valence-corrected chi connectivity index (χ1v) is 9.58. The quantitative estimate of drug-likeness (QED) is 0.674. The van der Waals surface area contributed by atoms with Gasteiger partial charge >= 0.3 is 0 Å². The fourth-order valence-corrected chi connectivity index (χ4v) is 3.59. The van der Waals surface area contributed by atoms with Crippen LogP contribution in [-0.2, 0) is 31.0 Å². The average Bonchev–Trinajstić information content (AvgIpc) is 3.26. The Kier molecular flexibility index (Phi) is 5.38. The molecule has 1 aliphatic rings. The zero-order valence-electron chi connectivity index (χ0n) is 14.2. The van der Waals surface area contributed by atoms with Crippen LogP contribution in [0.1, 0.15) is 18.6 Å². The third-order valence-corrected chi connectivity index (χ3v) is 5.30. The molecule has 2 heterocycles. The Bertz CT molecular complexity index is 952. The second-order valence-electron chi connectivity index (χ2n) is 5.85. The maximum Gasteiger partial charge on any atom is 0.244 e. The van der Waals surface area contributed by atoms with Gasteiger partial charge in [0.05, 0.1) is 17.7 Å². The van der Waals surface area contributed by atoms with Crippen LogP contribution in [0.25, 0.3) is 0 Å². The Morgan fingerprint density at radius 1 is 1.11 bits per heavy atom. The second kappa shape index (κ2) is 7.72. The van der Waals surface area contributed by atoms with Gasteiger partial charge < -0.3 is 9.73 Å². The number of carbonyl (C=O) groups is 3. The van der Waals surface area contributed by atoms with Crippen LogP contribution in [0, 0.1) is 0 Å². The van der Waals surface area contributed by atoms with E-state index >= 15 is 0 Å². The van der Waals surface area contributed by atoms with E-state index in [1.807, 2.05) is 0 Å². The first kappa shape index (κ1) is 18.8. The predicted octanol–water partition coefficient (Wildman–Crippen LogP) is 0.846. The largest absolute Gasteiger partial charge is 0.468 e. The van der Waals surface area contributed by atoms with Gasteiger partial charge in [0.1, 0.15) is 12.3 Å². The molecule has 0 atom stereocenters. The molecular formula is C17H17N3O6S. The van der Waals surface area contributed by atoms with Crippen molar-refractivity contribution in [2.24, 2.45) is 0 Å². The fourth-order valence-electron chi connectivity index (χ4n) is 2.55. The lowest BCUT2D eigenvalue weighted by molar-refractivity contribution is -0.141. The van der Waals surface area contributed by atoms with Crippen LogP contribution in [-0.4, -0.2) is 37.6 Å². The van der Waals surface area contributed by atoms with E-state index in [4.69, 9.17) is 4.42 Å². The molecule has 142 valence electrons. The number of furan rings is 1. The van der Waals surface area contributed by atoms with Gasteiger partial charge in [0.25, 0.3) is 0 Å². The highest BCUT2D eigenvalue weighted by molar-refractivity contribution is 7.89. The van der Waals surface area contributed by atoms with Crippen LogP contribution in [0.2, 0.25) is 0 Å². The minimum atomic E-state index is -3.81. The Morgan fingerprint density at radius 2 is 1.85 bits per heavy atom. The molecule has 1 saturated heterocycles. The number of sulfonamides is 1. The van der Waals surface area contributed by atoms with Crippen molar-refractivity contribution in [3.63, 3.8) is 0 Å². The molecule has 3 amide bonds. The summed E-state index contributed by atoms with van der Waals surface area (Å²) < 4.78 is 32.2. The second-order valence-corrected chi connectivity index (χ2v) is 7.62. The van der Waals surface area contributed by atoms with Gasteiger partial charge in [-0.2, -0.15) is 0 Å². The van der Waals surface area contributed by atoms with Gasteiger partial charge in [0.15, 0.2) is 0 Å². The molecule has 1 aliphatic heterocycles. The molecule has 9 nitrogen and oxygen atoms in total. The zero-order valence-corrected chi connectivity index (χ0v) is 15.0. The van der Waals surface area contributed by atoms with E-state index < -0.39 is 34.3 Å². The van der Waals surface area contributed by atoms with Crippen molar-refractivity contribution >= 4 is 33.4 Å². The van der Waals surface area contributed by atoms with Crippen LogP contribution in [0.15, 0.2) is 52.0 Å². The molecule has 10 heteroatoms. The van der Waals surface area contributed by atoms with E-state index in [-0.39, 0.29) is 30.0 Å². The molecule has 3 rings (SSSR count). The number of likely N-dealkylation sites (tertiary alicyclic amines) is 1. The van der Waals surface area contributed by atoms with Gasteiger partial charge in [-0.05, 0) is 30.3 Å². The SMILES string of the molecule is O=C(CN1C(=O)CCC1=O)Nc1cccc(S(=O)(=O)NCc2ccco2)c1. The lowest BCUT2D eigenvalue weighted by atomic mass is 10.3. The Hall–Kier alpha value is -2.98. The third-order valence-electron chi connectivity index (χ3n) is 3.90. The smallest absolute Gasteiger partial charge is 0.244 e. The Balaban J connectivity index is 1.65. The molecule has 27 heavy (non-hydrogen) atoms. The molecule has 1 aromatic carbocycles. The lowest BCUT2D eigenvalue weighted by Gasteiger charge is -2.14. The highest BCUT2D eigenvalue weighted by atomic mass is 32.2. The summed E-state index contributed by atoms with van der Waals surface area (Å²) in [6, 6.07) is 8.94. The molecule has 2 aromatic rings. The maximum absolute atomic E-state index is 12.4. The third kappa shape index (κ3) is 4.60. The number of benzene rings is 1. The van der Waals surface area contributed by atoms with E-state index in [0.717, 1.165) is 4.90 Å². The van der Waals surface area contributed by atoms with Crippen molar-refractivity contribution in [2.75, 3.05) is 11.9 Å². The standard InChI is InChI=1S/C17H17N3O6S/c21-15(11-20-16(22)6-7-17(20)23)19-12-3-1-5-14(9-12)27(24,25)18-10-13-4-2-8-26-13/h1-5,8-9,18H,6-7,10-11H2,(H,19,21). The van der Waals surface area contributed by atoms with E-state index in [1.54, 1.807) is 12.1 Å². The summed E-state index contributed by atoms with van der Waals surface area (Å²) in [5.41, 5.74) is 0.236. The van der Waals surface area contributed by atoms with Gasteiger partial charge in [0, 0.05) is 18.5 Å². The van der Waals surface area contributed by atoms with Crippen molar-refractivity contribution in [1.29, 1.82) is 0 Å². The van der Waals surface area contributed by atoms with Crippen LogP contribution in [0.4, 0.5) is 5.69 Å².